The van der Waals surface area contributed by atoms with Crippen LogP contribution in [0.25, 0.3) is 0 Å². The van der Waals surface area contributed by atoms with Crippen LogP contribution in [0.1, 0.15) is 31.0 Å². The average molecular weight is 271 g/mol. The molecule has 5 heteroatoms. The molecule has 0 bridgehead atoms. The standard InChI is InChI=1S/C15H17N3O2/c1-10(2)12-6-14(18-8-17-12)16-7-11-4-3-5-13-15(11)20-9-19-13/h3-6,8,10H,7,9H2,1-2H3,(H,16,17,18). The fraction of sp³-hybridized carbons (Fsp3) is 0.333. The third kappa shape index (κ3) is 2.52. The van der Waals surface area contributed by atoms with E-state index in [4.69, 9.17) is 9.47 Å². The van der Waals surface area contributed by atoms with E-state index in [0.29, 0.717) is 12.5 Å². The molecule has 1 aliphatic rings. The van der Waals surface area contributed by atoms with Crippen molar-refractivity contribution in [3.05, 3.63) is 41.9 Å². The summed E-state index contributed by atoms with van der Waals surface area (Å²) in [6, 6.07) is 7.87. The summed E-state index contributed by atoms with van der Waals surface area (Å²) in [4.78, 5) is 8.49. The number of aromatic nitrogens is 2. The summed E-state index contributed by atoms with van der Waals surface area (Å²) >= 11 is 0. The van der Waals surface area contributed by atoms with E-state index in [1.807, 2.05) is 24.3 Å². The zero-order valence-electron chi connectivity index (χ0n) is 11.6. The first kappa shape index (κ1) is 12.7. The van der Waals surface area contributed by atoms with Crippen LogP contribution >= 0.6 is 0 Å². The molecular weight excluding hydrogens is 254 g/mol. The molecule has 2 heterocycles. The summed E-state index contributed by atoms with van der Waals surface area (Å²) in [6.45, 7) is 5.15. The Morgan fingerprint density at radius 3 is 3.00 bits per heavy atom. The first-order valence-corrected chi connectivity index (χ1v) is 6.67. The highest BCUT2D eigenvalue weighted by molar-refractivity contribution is 5.49. The van der Waals surface area contributed by atoms with Gasteiger partial charge in [0.05, 0.1) is 0 Å². The third-order valence-electron chi connectivity index (χ3n) is 3.22. The SMILES string of the molecule is CC(C)c1cc(NCc2cccc3c2OCO3)ncn1. The maximum Gasteiger partial charge on any atom is 0.231 e. The van der Waals surface area contributed by atoms with Crippen LogP contribution in [0.4, 0.5) is 5.82 Å². The van der Waals surface area contributed by atoms with E-state index in [2.05, 4.69) is 29.1 Å². The number of benzene rings is 1. The predicted molar refractivity (Wildman–Crippen MR) is 76.0 cm³/mol. The topological polar surface area (TPSA) is 56.3 Å². The Kier molecular flexibility index (Phi) is 3.41. The Hall–Kier alpha value is -2.30. The number of nitrogens with one attached hydrogen (secondary N) is 1. The molecule has 0 atom stereocenters. The maximum atomic E-state index is 5.48. The van der Waals surface area contributed by atoms with Crippen LogP contribution < -0.4 is 14.8 Å². The van der Waals surface area contributed by atoms with E-state index < -0.39 is 0 Å². The number of rotatable bonds is 4. The van der Waals surface area contributed by atoms with Gasteiger partial charge >= 0.3 is 0 Å². The smallest absolute Gasteiger partial charge is 0.231 e. The Balaban J connectivity index is 1.74. The monoisotopic (exact) mass is 271 g/mol. The van der Waals surface area contributed by atoms with Gasteiger partial charge in [-0.15, -0.1) is 0 Å². The van der Waals surface area contributed by atoms with Gasteiger partial charge in [-0.1, -0.05) is 26.0 Å². The van der Waals surface area contributed by atoms with Crippen molar-refractivity contribution in [1.29, 1.82) is 0 Å². The molecule has 1 aromatic heterocycles. The van der Waals surface area contributed by atoms with E-state index in [0.717, 1.165) is 28.6 Å². The average Bonchev–Trinajstić information content (AvgIpc) is 2.94. The lowest BCUT2D eigenvalue weighted by Crippen LogP contribution is -2.04. The molecule has 1 N–H and O–H groups in total. The Morgan fingerprint density at radius 1 is 1.25 bits per heavy atom. The fourth-order valence-corrected chi connectivity index (χ4v) is 2.10. The number of hydrogen-bond donors (Lipinski definition) is 1. The van der Waals surface area contributed by atoms with Gasteiger partial charge in [0.15, 0.2) is 11.5 Å². The van der Waals surface area contributed by atoms with E-state index in [-0.39, 0.29) is 6.79 Å². The van der Waals surface area contributed by atoms with Crippen molar-refractivity contribution in [2.75, 3.05) is 12.1 Å². The van der Waals surface area contributed by atoms with Crippen molar-refractivity contribution in [2.45, 2.75) is 26.3 Å². The first-order chi connectivity index (χ1) is 9.74. The minimum absolute atomic E-state index is 0.289. The molecule has 20 heavy (non-hydrogen) atoms. The number of ether oxygens (including phenoxy) is 2. The van der Waals surface area contributed by atoms with Crippen molar-refractivity contribution in [2.24, 2.45) is 0 Å². The number of anilines is 1. The molecule has 0 unspecified atom stereocenters. The van der Waals surface area contributed by atoms with Crippen molar-refractivity contribution in [3.63, 3.8) is 0 Å². The van der Waals surface area contributed by atoms with Crippen LogP contribution in [0.15, 0.2) is 30.6 Å². The minimum atomic E-state index is 0.289. The van der Waals surface area contributed by atoms with Crippen LogP contribution in [0, 0.1) is 0 Å². The van der Waals surface area contributed by atoms with Crippen molar-refractivity contribution < 1.29 is 9.47 Å². The second-order valence-electron chi connectivity index (χ2n) is 4.99. The molecule has 0 spiro atoms. The van der Waals surface area contributed by atoms with Gasteiger partial charge in [-0.2, -0.15) is 0 Å². The second-order valence-corrected chi connectivity index (χ2v) is 4.99. The van der Waals surface area contributed by atoms with Crippen LogP contribution in [-0.4, -0.2) is 16.8 Å². The van der Waals surface area contributed by atoms with Gasteiger partial charge in [-0.05, 0) is 12.0 Å². The quantitative estimate of drug-likeness (QED) is 0.926. The molecule has 0 saturated heterocycles. The predicted octanol–water partition coefficient (Wildman–Crippen LogP) is 2.94. The molecule has 2 aromatic rings. The number of para-hydroxylation sites is 1. The van der Waals surface area contributed by atoms with Crippen LogP contribution in [0.5, 0.6) is 11.5 Å². The molecule has 0 radical (unpaired) electrons. The van der Waals surface area contributed by atoms with Crippen molar-refractivity contribution in [3.8, 4) is 11.5 Å². The molecule has 0 fully saturated rings. The second kappa shape index (κ2) is 5.36. The summed E-state index contributed by atoms with van der Waals surface area (Å²) in [5.74, 6) is 2.82. The number of hydrogen-bond acceptors (Lipinski definition) is 5. The molecule has 1 aliphatic heterocycles. The van der Waals surface area contributed by atoms with E-state index in [1.54, 1.807) is 6.33 Å². The largest absolute Gasteiger partial charge is 0.454 e. The van der Waals surface area contributed by atoms with Gasteiger partial charge in [-0.3, -0.25) is 0 Å². The molecule has 5 nitrogen and oxygen atoms in total. The Morgan fingerprint density at radius 2 is 2.15 bits per heavy atom. The van der Waals surface area contributed by atoms with Crippen LogP contribution in [0.3, 0.4) is 0 Å². The fourth-order valence-electron chi connectivity index (χ4n) is 2.10. The molecular formula is C15H17N3O2. The summed E-state index contributed by atoms with van der Waals surface area (Å²) in [7, 11) is 0. The Bertz CT molecular complexity index is 614. The number of nitrogens with zero attached hydrogens (tertiary/aromatic N) is 2. The Labute approximate surface area is 118 Å². The normalized spacial score (nSPS) is 12.8. The molecule has 0 amide bonds. The molecule has 0 saturated carbocycles. The van der Waals surface area contributed by atoms with Gasteiger partial charge < -0.3 is 14.8 Å². The first-order valence-electron chi connectivity index (χ1n) is 6.67. The van der Waals surface area contributed by atoms with Gasteiger partial charge in [0.2, 0.25) is 6.79 Å². The third-order valence-corrected chi connectivity index (χ3v) is 3.22. The zero-order chi connectivity index (χ0) is 13.9. The van der Waals surface area contributed by atoms with Gasteiger partial charge in [-0.25, -0.2) is 9.97 Å². The molecule has 104 valence electrons. The van der Waals surface area contributed by atoms with Gasteiger partial charge in [0.1, 0.15) is 12.1 Å². The molecule has 3 rings (SSSR count). The van der Waals surface area contributed by atoms with Crippen molar-refractivity contribution in [1.82, 2.24) is 9.97 Å². The van der Waals surface area contributed by atoms with E-state index in [9.17, 15) is 0 Å². The lowest BCUT2D eigenvalue weighted by atomic mass is 10.1. The molecule has 0 aliphatic carbocycles. The van der Waals surface area contributed by atoms with Crippen LogP contribution in [0.2, 0.25) is 0 Å². The highest BCUT2D eigenvalue weighted by Crippen LogP contribution is 2.35. The lowest BCUT2D eigenvalue weighted by Gasteiger charge is -2.10. The highest BCUT2D eigenvalue weighted by Gasteiger charge is 2.16. The lowest BCUT2D eigenvalue weighted by molar-refractivity contribution is 0.173. The highest BCUT2D eigenvalue weighted by atomic mass is 16.7. The van der Waals surface area contributed by atoms with Crippen molar-refractivity contribution >= 4 is 5.82 Å². The van der Waals surface area contributed by atoms with Crippen LogP contribution in [-0.2, 0) is 6.54 Å². The summed E-state index contributed by atoms with van der Waals surface area (Å²) in [5, 5.41) is 3.30. The molecule has 1 aromatic carbocycles. The minimum Gasteiger partial charge on any atom is -0.454 e. The summed E-state index contributed by atoms with van der Waals surface area (Å²) in [6.07, 6.45) is 1.59. The summed E-state index contributed by atoms with van der Waals surface area (Å²) < 4.78 is 10.9. The van der Waals surface area contributed by atoms with Gasteiger partial charge in [0.25, 0.3) is 0 Å². The summed E-state index contributed by atoms with van der Waals surface area (Å²) in [5.41, 5.74) is 2.09. The maximum absolute atomic E-state index is 5.48. The number of fused-ring (bicyclic) bond motifs is 1. The zero-order valence-corrected chi connectivity index (χ0v) is 11.6. The van der Waals surface area contributed by atoms with E-state index in [1.165, 1.54) is 0 Å². The van der Waals surface area contributed by atoms with E-state index >= 15 is 0 Å². The van der Waals surface area contributed by atoms with Gasteiger partial charge in [0, 0.05) is 23.9 Å².